The number of phenols is 2. The molecule has 0 radical (unpaired) electrons. The Morgan fingerprint density at radius 3 is 1.20 bits per heavy atom. The van der Waals surface area contributed by atoms with Gasteiger partial charge in [-0.15, -0.1) is 10.2 Å². The Hall–Kier alpha value is -11.2. The number of nitrogens with zero attached hydrogens (tertiary/aromatic N) is 15. The summed E-state index contributed by atoms with van der Waals surface area (Å²) >= 11 is 12.6. The normalized spacial score (nSPS) is 13.1. The summed E-state index contributed by atoms with van der Waals surface area (Å²) in [5.41, 5.74) is -5.09. The molecular formula is C53H40Cl2N18O21S5. The van der Waals surface area contributed by atoms with Crippen molar-refractivity contribution >= 4 is 155 Å². The Bertz CT molecular complexity index is 5470. The molecule has 2 unspecified atom stereocenters. The highest BCUT2D eigenvalue weighted by Crippen LogP contribution is 2.43. The predicted octanol–water partition coefficient (Wildman–Crippen LogP) is 10.5. The third-order valence-corrected chi connectivity index (χ3v) is 17.5. The number of azo groups is 4. The van der Waals surface area contributed by atoms with Gasteiger partial charge in [-0.05, 0) is 102 Å². The van der Waals surface area contributed by atoms with Crippen LogP contribution >= 0.6 is 23.2 Å². The minimum Gasteiger partial charge on any atom is -0.504 e. The lowest BCUT2D eigenvalue weighted by Gasteiger charge is -2.21. The summed E-state index contributed by atoms with van der Waals surface area (Å²) in [6, 6.07) is 25.5. The lowest BCUT2D eigenvalue weighted by molar-refractivity contribution is 0.0686. The van der Waals surface area contributed by atoms with Crippen LogP contribution in [-0.2, 0) is 50.6 Å². The molecule has 0 saturated carbocycles. The molecule has 0 amide bonds. The summed E-state index contributed by atoms with van der Waals surface area (Å²) in [6.07, 6.45) is -3.13. The van der Waals surface area contributed by atoms with Gasteiger partial charge in [0.2, 0.25) is 46.7 Å². The van der Waals surface area contributed by atoms with Gasteiger partial charge in [-0.25, -0.2) is 9.59 Å². The van der Waals surface area contributed by atoms with Crippen LogP contribution in [0.2, 0.25) is 10.6 Å². The van der Waals surface area contributed by atoms with Crippen molar-refractivity contribution in [1.82, 2.24) is 29.9 Å². The van der Waals surface area contributed by atoms with Crippen molar-refractivity contribution in [2.24, 2.45) is 40.9 Å². The number of carbonyl (C=O) groups is 2. The van der Waals surface area contributed by atoms with Gasteiger partial charge in [0.1, 0.15) is 27.6 Å². The van der Waals surface area contributed by atoms with Crippen molar-refractivity contribution in [3.05, 3.63) is 172 Å². The molecule has 9 rings (SSSR count). The maximum atomic E-state index is 12.9. The van der Waals surface area contributed by atoms with Gasteiger partial charge in [0.25, 0.3) is 50.6 Å². The molecular weight excluding hydrogens is 1460 g/mol. The van der Waals surface area contributed by atoms with E-state index in [0.717, 1.165) is 54.4 Å². The molecule has 12 N–H and O–H groups in total. The van der Waals surface area contributed by atoms with E-state index in [1.165, 1.54) is 48.5 Å². The van der Waals surface area contributed by atoms with Gasteiger partial charge in [-0.3, -0.25) is 22.8 Å². The first-order valence-electron chi connectivity index (χ1n) is 26.5. The van der Waals surface area contributed by atoms with Crippen LogP contribution in [0.1, 0.15) is 44.2 Å². The summed E-state index contributed by atoms with van der Waals surface area (Å²) in [5.74, 6) is -7.21. The first kappa shape index (κ1) is 72.1. The molecule has 0 bridgehead atoms. The van der Waals surface area contributed by atoms with Crippen molar-refractivity contribution < 1.29 is 94.9 Å². The molecule has 39 nitrogen and oxygen atoms in total. The fourth-order valence-electron chi connectivity index (χ4n) is 8.29. The highest BCUT2D eigenvalue weighted by molar-refractivity contribution is 7.87. The zero-order valence-corrected chi connectivity index (χ0v) is 54.5. The molecule has 0 aliphatic heterocycles. The zero-order chi connectivity index (χ0) is 72.1. The van der Waals surface area contributed by atoms with Crippen LogP contribution in [0.4, 0.5) is 69.3 Å². The number of carboxylic acid groups (broad SMARTS) is 2. The molecule has 0 aliphatic rings. The fourth-order valence-corrected chi connectivity index (χ4v) is 11.4. The fraction of sp³-hybridized carbons (Fsp3) is 0.0566. The molecule has 0 spiro atoms. The van der Waals surface area contributed by atoms with Crippen molar-refractivity contribution in [2.75, 3.05) is 27.9 Å². The monoisotopic (exact) mass is 1490 g/mol. The maximum Gasteiger partial charge on any atom is 0.337 e. The SMILES string of the molecule is CN(c1nc(Cl)nc(Nc2cc(S(=O)(=O)O)cc(N=NC(N=Nc3cc(S(=O)(=O)O)ccc3C(=O)O)c3ccccc3)c2O)n1)c1cc(Nc2nc(Cl)nc(Nc3cc(S(=O)(=O)O)cc(N=NC(N=Nc4cc(S(=O)(=O)O)ccc4C(=O)O)c4ccccc4)c3O)n2)ccc1S(=O)(=O)O. The van der Waals surface area contributed by atoms with Crippen molar-refractivity contribution in [3.8, 4) is 11.5 Å². The second-order valence-electron chi connectivity index (χ2n) is 19.5. The van der Waals surface area contributed by atoms with Crippen LogP contribution in [0.25, 0.3) is 0 Å². The third kappa shape index (κ3) is 18.1. The number of aromatic nitrogens is 6. The molecule has 512 valence electrons. The van der Waals surface area contributed by atoms with E-state index in [1.54, 1.807) is 12.1 Å². The van der Waals surface area contributed by atoms with E-state index in [9.17, 15) is 94.9 Å². The van der Waals surface area contributed by atoms with E-state index in [0.29, 0.717) is 36.4 Å². The second kappa shape index (κ2) is 28.9. The number of nitrogens with one attached hydrogen (secondary N) is 3. The second-order valence-corrected chi connectivity index (χ2v) is 27.3. The number of hydrogen-bond donors (Lipinski definition) is 12. The van der Waals surface area contributed by atoms with E-state index >= 15 is 0 Å². The van der Waals surface area contributed by atoms with Gasteiger partial charge in [0.15, 0.2) is 11.5 Å². The summed E-state index contributed by atoms with van der Waals surface area (Å²) in [4.78, 5) is 45.0. The van der Waals surface area contributed by atoms with E-state index in [-0.39, 0.29) is 16.8 Å². The molecule has 0 aliphatic carbocycles. The minimum absolute atomic E-state index is 0.119. The van der Waals surface area contributed by atoms with Crippen molar-refractivity contribution in [2.45, 2.75) is 36.8 Å². The maximum absolute atomic E-state index is 12.9. The van der Waals surface area contributed by atoms with Crippen molar-refractivity contribution in [1.29, 1.82) is 0 Å². The Labute approximate surface area is 565 Å². The van der Waals surface area contributed by atoms with Gasteiger partial charge < -0.3 is 41.3 Å². The lowest BCUT2D eigenvalue weighted by Crippen LogP contribution is -2.18. The quantitative estimate of drug-likeness (QED) is 0.0144. The first-order chi connectivity index (χ1) is 46.4. The largest absolute Gasteiger partial charge is 0.504 e. The van der Waals surface area contributed by atoms with E-state index in [4.69, 9.17) is 23.2 Å². The Morgan fingerprint density at radius 2 is 0.808 bits per heavy atom. The summed E-state index contributed by atoms with van der Waals surface area (Å²) < 4.78 is 174. The Kier molecular flexibility index (Phi) is 21.0. The van der Waals surface area contributed by atoms with Crippen LogP contribution in [0.15, 0.2) is 205 Å². The summed E-state index contributed by atoms with van der Waals surface area (Å²) in [5, 5.41) is 80.6. The molecule has 7 aromatic carbocycles. The van der Waals surface area contributed by atoms with E-state index in [1.807, 2.05) is 0 Å². The number of benzene rings is 7. The Morgan fingerprint density at radius 1 is 0.434 bits per heavy atom. The number of aromatic hydroxyl groups is 2. The molecule has 46 heteroatoms. The highest BCUT2D eigenvalue weighted by atomic mass is 35.5. The van der Waals surface area contributed by atoms with Crippen LogP contribution in [0, 0.1) is 0 Å². The predicted molar refractivity (Wildman–Crippen MR) is 343 cm³/mol. The number of anilines is 8. The number of rotatable bonds is 25. The zero-order valence-electron chi connectivity index (χ0n) is 48.9. The average Bonchev–Trinajstić information content (AvgIpc) is 0.789. The number of aromatic carboxylic acids is 2. The van der Waals surface area contributed by atoms with Gasteiger partial charge in [-0.2, -0.15) is 103 Å². The topological polar surface area (TPSA) is 602 Å². The van der Waals surface area contributed by atoms with Crippen LogP contribution in [0.5, 0.6) is 11.5 Å². The van der Waals surface area contributed by atoms with Crippen LogP contribution in [0.3, 0.4) is 0 Å². The molecule has 2 atom stereocenters. The van der Waals surface area contributed by atoms with E-state index in [2.05, 4.69) is 86.8 Å². The number of halogens is 2. The highest BCUT2D eigenvalue weighted by Gasteiger charge is 2.27. The standard InChI is InChI=1S/C53H40Cl2N18O21S5/c1-73(53-62-49(55)61-52(64-53)58-37-22-31(98(89,90)91)24-39(43(37)75)68-72-45(26-10-6-3-7-11-26)70-66-35-20-29(96(83,84)85)14-16-33(35)47(78)79)40-18-27(12-17-41(40)99(92,93)94)56-50-59-48(54)60-51(63-50)57-36-21-30(97(86,87)88)23-38(42(36)74)67-71-44(25-8-4-2-5-9-25)69-65-34-19-28(95(80,81)82)13-15-32(34)46(76)77/h2-24,44-45,74-75H,1H3,(H,76,77)(H,78,79)(H,80,81,82)(H,83,84,85)(H,86,87,88)(H,89,90,91)(H,92,93,94)(H,58,61,62,64)(H2,56,57,59,60,63). The first-order valence-corrected chi connectivity index (χ1v) is 34.5. The average molecular weight is 1500 g/mol. The lowest BCUT2D eigenvalue weighted by atomic mass is 10.2. The smallest absolute Gasteiger partial charge is 0.337 e. The number of hydrogen-bond acceptors (Lipinski definition) is 32. The summed E-state index contributed by atoms with van der Waals surface area (Å²) in [6.45, 7) is 0. The van der Waals surface area contributed by atoms with Gasteiger partial charge in [-0.1, -0.05) is 60.7 Å². The minimum atomic E-state index is -5.18. The van der Waals surface area contributed by atoms with Crippen molar-refractivity contribution in [3.63, 3.8) is 0 Å². The molecule has 2 aromatic heterocycles. The molecule has 9 aromatic rings. The Balaban J connectivity index is 1.01. The number of carboxylic acids is 2. The van der Waals surface area contributed by atoms with E-state index < -0.39 is 196 Å². The molecule has 2 heterocycles. The van der Waals surface area contributed by atoms with Crippen LogP contribution in [-0.4, -0.2) is 134 Å². The molecule has 99 heavy (non-hydrogen) atoms. The van der Waals surface area contributed by atoms with Gasteiger partial charge >= 0.3 is 11.9 Å². The third-order valence-electron chi connectivity index (χ3n) is 12.9. The molecule has 0 saturated heterocycles. The van der Waals surface area contributed by atoms with Gasteiger partial charge in [0.05, 0.1) is 47.8 Å². The summed E-state index contributed by atoms with van der Waals surface area (Å²) in [7, 11) is -24.1. The van der Waals surface area contributed by atoms with Gasteiger partial charge in [0, 0.05) is 23.9 Å². The number of phenolic OH excluding ortho intramolecular Hbond substituents is 2. The van der Waals surface area contributed by atoms with Crippen LogP contribution < -0.4 is 20.9 Å². The molecule has 0 fully saturated rings.